The van der Waals surface area contributed by atoms with E-state index in [0.29, 0.717) is 18.5 Å². The molecule has 2 heterocycles. The Labute approximate surface area is 163 Å². The quantitative estimate of drug-likeness (QED) is 0.786. The van der Waals surface area contributed by atoms with Gasteiger partial charge in [-0.3, -0.25) is 14.3 Å². The highest BCUT2D eigenvalue weighted by molar-refractivity contribution is 5.81. The van der Waals surface area contributed by atoms with Crippen LogP contribution >= 0.6 is 0 Å². The first kappa shape index (κ1) is 20.0. The molecule has 1 aromatic carbocycles. The molecule has 0 bridgehead atoms. The van der Waals surface area contributed by atoms with Crippen LogP contribution in [0.5, 0.6) is 0 Å². The Balaban J connectivity index is 1.83. The molecule has 0 spiro atoms. The molecular formula is C20H26FN5O2. The minimum Gasteiger partial charge on any atom is -0.368 e. The Morgan fingerprint density at radius 3 is 2.50 bits per heavy atom. The van der Waals surface area contributed by atoms with Gasteiger partial charge < -0.3 is 16.0 Å². The van der Waals surface area contributed by atoms with Gasteiger partial charge in [0.15, 0.2) is 0 Å². The van der Waals surface area contributed by atoms with Crippen molar-refractivity contribution in [2.24, 2.45) is 18.7 Å². The first-order chi connectivity index (χ1) is 13.2. The molecule has 0 saturated carbocycles. The molecule has 1 fully saturated rings. The number of primary amides is 1. The number of amides is 2. The molecule has 1 aliphatic heterocycles. The molecule has 0 radical (unpaired) electrons. The second kappa shape index (κ2) is 7.71. The van der Waals surface area contributed by atoms with Crippen LogP contribution in [-0.4, -0.2) is 40.1 Å². The molecule has 2 aromatic rings. The normalized spacial score (nSPS) is 20.6. The second-order valence-corrected chi connectivity index (χ2v) is 7.42. The largest absolute Gasteiger partial charge is 0.368 e. The Kier molecular flexibility index (Phi) is 5.51. The summed E-state index contributed by atoms with van der Waals surface area (Å²) in [5.74, 6) is -0.912. The van der Waals surface area contributed by atoms with E-state index in [0.717, 1.165) is 17.0 Å². The number of nitrogens with zero attached hydrogens (tertiary/aromatic N) is 3. The Hall–Kier alpha value is -2.74. The van der Waals surface area contributed by atoms with Gasteiger partial charge in [0.05, 0.1) is 11.7 Å². The van der Waals surface area contributed by atoms with E-state index in [2.05, 4.69) is 10.4 Å². The third-order valence-electron chi connectivity index (χ3n) is 5.63. The SMILES string of the molecule is Cc1nn(C)c(C)c1[C@H]1[C@H](CN[C@@H](C(N)=O)c2ccc(F)cc2)CC(=O)N1C. The number of rotatable bonds is 6. The van der Waals surface area contributed by atoms with Crippen molar-refractivity contribution in [1.29, 1.82) is 0 Å². The molecule has 0 unspecified atom stereocenters. The molecule has 3 rings (SSSR count). The number of hydrogen-bond acceptors (Lipinski definition) is 4. The van der Waals surface area contributed by atoms with Gasteiger partial charge in [-0.15, -0.1) is 0 Å². The highest BCUT2D eigenvalue weighted by Gasteiger charge is 2.41. The van der Waals surface area contributed by atoms with E-state index < -0.39 is 11.9 Å². The smallest absolute Gasteiger partial charge is 0.239 e. The topological polar surface area (TPSA) is 93.2 Å². The van der Waals surface area contributed by atoms with Crippen molar-refractivity contribution in [2.45, 2.75) is 32.4 Å². The monoisotopic (exact) mass is 387 g/mol. The number of nitrogens with one attached hydrogen (secondary N) is 1. The molecule has 150 valence electrons. The summed E-state index contributed by atoms with van der Waals surface area (Å²) >= 11 is 0. The minimum absolute atomic E-state index is 0.0404. The van der Waals surface area contributed by atoms with Crippen LogP contribution in [0, 0.1) is 25.6 Å². The Bertz CT molecular complexity index is 893. The number of aromatic nitrogens is 2. The molecule has 1 aromatic heterocycles. The fourth-order valence-electron chi connectivity index (χ4n) is 4.09. The summed E-state index contributed by atoms with van der Waals surface area (Å²) in [6, 6.07) is 4.79. The van der Waals surface area contributed by atoms with Crippen LogP contribution in [0.1, 0.15) is 41.0 Å². The third kappa shape index (κ3) is 3.64. The molecule has 8 heteroatoms. The van der Waals surface area contributed by atoms with Crippen molar-refractivity contribution in [3.05, 3.63) is 52.6 Å². The van der Waals surface area contributed by atoms with E-state index >= 15 is 0 Å². The van der Waals surface area contributed by atoms with E-state index in [1.807, 2.05) is 25.6 Å². The summed E-state index contributed by atoms with van der Waals surface area (Å²) in [6.45, 7) is 4.34. The predicted molar refractivity (Wildman–Crippen MR) is 103 cm³/mol. The highest BCUT2D eigenvalue weighted by Crippen LogP contribution is 2.39. The minimum atomic E-state index is -0.752. The number of carbonyl (C=O) groups excluding carboxylic acids is 2. The summed E-state index contributed by atoms with van der Waals surface area (Å²) in [6.07, 6.45) is 0.372. The van der Waals surface area contributed by atoms with Crippen LogP contribution in [0.25, 0.3) is 0 Å². The predicted octanol–water partition coefficient (Wildman–Crippen LogP) is 1.51. The fraction of sp³-hybridized carbons (Fsp3) is 0.450. The first-order valence-corrected chi connectivity index (χ1v) is 9.24. The molecule has 1 saturated heterocycles. The Morgan fingerprint density at radius 1 is 1.32 bits per heavy atom. The van der Waals surface area contributed by atoms with Gasteiger partial charge in [-0.25, -0.2) is 4.39 Å². The van der Waals surface area contributed by atoms with E-state index in [-0.39, 0.29) is 23.7 Å². The lowest BCUT2D eigenvalue weighted by Gasteiger charge is -2.27. The van der Waals surface area contributed by atoms with E-state index in [4.69, 9.17) is 5.73 Å². The van der Waals surface area contributed by atoms with Gasteiger partial charge >= 0.3 is 0 Å². The van der Waals surface area contributed by atoms with Crippen molar-refractivity contribution in [1.82, 2.24) is 20.0 Å². The van der Waals surface area contributed by atoms with Crippen LogP contribution in [-0.2, 0) is 16.6 Å². The third-order valence-corrected chi connectivity index (χ3v) is 5.63. The van der Waals surface area contributed by atoms with Crippen LogP contribution in [0.4, 0.5) is 4.39 Å². The molecule has 2 amide bonds. The maximum Gasteiger partial charge on any atom is 0.239 e. The summed E-state index contributed by atoms with van der Waals surface area (Å²) in [7, 11) is 3.68. The van der Waals surface area contributed by atoms with E-state index in [1.165, 1.54) is 24.3 Å². The lowest BCUT2D eigenvalue weighted by atomic mass is 9.91. The van der Waals surface area contributed by atoms with Gasteiger partial charge in [0, 0.05) is 44.2 Å². The van der Waals surface area contributed by atoms with Crippen LogP contribution < -0.4 is 11.1 Å². The molecule has 1 aliphatic rings. The average Bonchev–Trinajstić information content (AvgIpc) is 3.04. The van der Waals surface area contributed by atoms with Crippen molar-refractivity contribution in [3.63, 3.8) is 0 Å². The van der Waals surface area contributed by atoms with Crippen LogP contribution in [0.2, 0.25) is 0 Å². The van der Waals surface area contributed by atoms with Crippen molar-refractivity contribution in [2.75, 3.05) is 13.6 Å². The number of aryl methyl sites for hydroxylation is 2. The van der Waals surface area contributed by atoms with Gasteiger partial charge in [-0.1, -0.05) is 12.1 Å². The fourth-order valence-corrected chi connectivity index (χ4v) is 4.09. The maximum atomic E-state index is 13.2. The van der Waals surface area contributed by atoms with Gasteiger partial charge in [0.2, 0.25) is 11.8 Å². The molecular weight excluding hydrogens is 361 g/mol. The van der Waals surface area contributed by atoms with Crippen molar-refractivity contribution < 1.29 is 14.0 Å². The zero-order valence-electron chi connectivity index (χ0n) is 16.6. The van der Waals surface area contributed by atoms with Gasteiger partial charge in [0.1, 0.15) is 11.9 Å². The number of halogens is 1. The zero-order valence-corrected chi connectivity index (χ0v) is 16.6. The van der Waals surface area contributed by atoms with Crippen LogP contribution in [0.15, 0.2) is 24.3 Å². The number of benzene rings is 1. The number of carbonyl (C=O) groups is 2. The molecule has 3 N–H and O–H groups in total. The lowest BCUT2D eigenvalue weighted by Crippen LogP contribution is -2.37. The average molecular weight is 387 g/mol. The summed E-state index contributed by atoms with van der Waals surface area (Å²) in [4.78, 5) is 26.1. The second-order valence-electron chi connectivity index (χ2n) is 7.42. The maximum absolute atomic E-state index is 13.2. The summed E-state index contributed by atoms with van der Waals surface area (Å²) in [5.41, 5.74) is 9.10. The van der Waals surface area contributed by atoms with E-state index in [9.17, 15) is 14.0 Å². The molecule has 7 nitrogen and oxygen atoms in total. The Morgan fingerprint density at radius 2 is 1.96 bits per heavy atom. The van der Waals surface area contributed by atoms with Crippen molar-refractivity contribution in [3.8, 4) is 0 Å². The number of likely N-dealkylation sites (tertiary alicyclic amines) is 1. The zero-order chi connectivity index (χ0) is 20.6. The van der Waals surface area contributed by atoms with Gasteiger partial charge in [-0.05, 0) is 31.5 Å². The van der Waals surface area contributed by atoms with Crippen molar-refractivity contribution >= 4 is 11.8 Å². The standard InChI is InChI=1S/C20H26FN5O2/c1-11-17(12(2)26(4)24-11)19-14(9-16(27)25(19)3)10-23-18(20(22)28)13-5-7-15(21)8-6-13/h5-8,14,18-19,23H,9-10H2,1-4H3,(H2,22,28)/t14-,18+,19+/m0/s1. The summed E-state index contributed by atoms with van der Waals surface area (Å²) < 4.78 is 15.0. The number of hydrogen-bond donors (Lipinski definition) is 2. The van der Waals surface area contributed by atoms with Crippen LogP contribution in [0.3, 0.4) is 0 Å². The number of nitrogens with two attached hydrogens (primary N) is 1. The molecule has 0 aliphatic carbocycles. The molecule has 28 heavy (non-hydrogen) atoms. The highest BCUT2D eigenvalue weighted by atomic mass is 19.1. The van der Waals surface area contributed by atoms with Gasteiger partial charge in [0.25, 0.3) is 0 Å². The van der Waals surface area contributed by atoms with Gasteiger partial charge in [-0.2, -0.15) is 5.10 Å². The lowest BCUT2D eigenvalue weighted by molar-refractivity contribution is -0.127. The summed E-state index contributed by atoms with van der Waals surface area (Å²) in [5, 5.41) is 7.66. The molecule has 3 atom stereocenters. The van der Waals surface area contributed by atoms with E-state index in [1.54, 1.807) is 11.9 Å². The first-order valence-electron chi connectivity index (χ1n) is 9.24.